The zero-order chi connectivity index (χ0) is 23.5. The predicted octanol–water partition coefficient (Wildman–Crippen LogP) is 0.719. The van der Waals surface area contributed by atoms with Gasteiger partial charge in [-0.15, -0.1) is 5.10 Å². The minimum Gasteiger partial charge on any atom is -0.388 e. The van der Waals surface area contributed by atoms with Crippen LogP contribution in [-0.2, 0) is 20.7 Å². The van der Waals surface area contributed by atoms with Gasteiger partial charge in [-0.05, 0) is 37.2 Å². The molecule has 11 heteroatoms. The molecule has 0 saturated carbocycles. The fourth-order valence-electron chi connectivity index (χ4n) is 3.66. The second-order valence-corrected chi connectivity index (χ2v) is 8.78. The van der Waals surface area contributed by atoms with Gasteiger partial charge in [0, 0.05) is 46.8 Å². The summed E-state index contributed by atoms with van der Waals surface area (Å²) in [6.07, 6.45) is 0.565. The van der Waals surface area contributed by atoms with Crippen LogP contribution in [0.1, 0.15) is 54.9 Å². The van der Waals surface area contributed by atoms with Gasteiger partial charge in [-0.1, -0.05) is 17.8 Å². The summed E-state index contributed by atoms with van der Waals surface area (Å²) in [6, 6.07) is 0. The highest BCUT2D eigenvalue weighted by Crippen LogP contribution is 2.17. The Bertz CT molecular complexity index is 718. The van der Waals surface area contributed by atoms with E-state index in [1.165, 1.54) is 14.0 Å². The predicted molar refractivity (Wildman–Crippen MR) is 120 cm³/mol. The Balaban J connectivity index is 2.14. The van der Waals surface area contributed by atoms with Gasteiger partial charge >= 0.3 is 0 Å². The van der Waals surface area contributed by atoms with Crippen LogP contribution >= 0.6 is 11.5 Å². The minimum absolute atomic E-state index is 0.0311. The number of carbonyl (C=O) groups is 2. The standard InChI is InChI=1S/C21H36N4O6S/c1-4-8-16-20(32-23-22-16)21(29)24-9-5-6-12-31-14-17(27)19(28)18(30-3)13-25(15(2)26)11-7-10-24/h17-19,27-28H,4-14H2,1-3H3/t17-,18-,19-/m0/s1. The third-order valence-corrected chi connectivity index (χ3v) is 6.32. The molecule has 32 heavy (non-hydrogen) atoms. The molecule has 1 aromatic rings. The number of aryl methyl sites for hydroxylation is 1. The number of hydrogen-bond donors (Lipinski definition) is 2. The average Bonchev–Trinajstić information content (AvgIpc) is 3.23. The second-order valence-electron chi connectivity index (χ2n) is 8.02. The van der Waals surface area contributed by atoms with E-state index in [0.717, 1.165) is 30.1 Å². The molecule has 0 spiro atoms. The van der Waals surface area contributed by atoms with E-state index in [9.17, 15) is 19.8 Å². The quantitative estimate of drug-likeness (QED) is 0.657. The van der Waals surface area contributed by atoms with Crippen molar-refractivity contribution in [2.24, 2.45) is 0 Å². The number of amides is 2. The van der Waals surface area contributed by atoms with Gasteiger partial charge in [0.2, 0.25) is 5.91 Å². The molecule has 2 amide bonds. The Kier molecular flexibility index (Phi) is 11.5. The first-order valence-corrected chi connectivity index (χ1v) is 12.0. The first kappa shape index (κ1) is 26.6. The molecule has 0 radical (unpaired) electrons. The number of carbonyl (C=O) groups excluding carboxylic acids is 2. The van der Waals surface area contributed by atoms with Crippen LogP contribution in [0.3, 0.4) is 0 Å². The van der Waals surface area contributed by atoms with Gasteiger partial charge in [-0.25, -0.2) is 0 Å². The fraction of sp³-hybridized carbons (Fsp3) is 0.810. The van der Waals surface area contributed by atoms with E-state index in [-0.39, 0.29) is 25.0 Å². The molecule has 0 bridgehead atoms. The van der Waals surface area contributed by atoms with Crippen LogP contribution in [0.15, 0.2) is 0 Å². The number of aromatic nitrogens is 2. The van der Waals surface area contributed by atoms with Gasteiger partial charge in [-0.3, -0.25) is 9.59 Å². The van der Waals surface area contributed by atoms with Crippen molar-refractivity contribution in [2.45, 2.75) is 64.3 Å². The molecule has 0 aromatic carbocycles. The molecule has 10 nitrogen and oxygen atoms in total. The summed E-state index contributed by atoms with van der Waals surface area (Å²) in [5.74, 6) is -0.243. The van der Waals surface area contributed by atoms with E-state index in [4.69, 9.17) is 9.47 Å². The van der Waals surface area contributed by atoms with Crippen molar-refractivity contribution in [3.8, 4) is 0 Å². The van der Waals surface area contributed by atoms with Gasteiger partial charge in [-0.2, -0.15) is 0 Å². The molecule has 1 aromatic heterocycles. The Hall–Kier alpha value is -1.66. The maximum absolute atomic E-state index is 13.2. The van der Waals surface area contributed by atoms with Gasteiger partial charge < -0.3 is 29.5 Å². The smallest absolute Gasteiger partial charge is 0.267 e. The van der Waals surface area contributed by atoms with Crippen LogP contribution in [0.4, 0.5) is 0 Å². The maximum Gasteiger partial charge on any atom is 0.267 e. The molecule has 182 valence electrons. The topological polar surface area (TPSA) is 125 Å². The molecular weight excluding hydrogens is 436 g/mol. The third kappa shape index (κ3) is 7.73. The van der Waals surface area contributed by atoms with Crippen LogP contribution in [-0.4, -0.2) is 106 Å². The van der Waals surface area contributed by atoms with Crippen molar-refractivity contribution in [2.75, 3.05) is 46.5 Å². The molecule has 2 rings (SSSR count). The SMILES string of the molecule is CCCc1nnsc1C(=O)N1CCCCOC[C@H](O)[C@H](O)[C@@H](OC)CN(C(C)=O)CCC1. The fourth-order valence-corrected chi connectivity index (χ4v) is 4.33. The summed E-state index contributed by atoms with van der Waals surface area (Å²) < 4.78 is 14.8. The van der Waals surface area contributed by atoms with Crippen molar-refractivity contribution in [3.05, 3.63) is 10.6 Å². The molecule has 2 N–H and O–H groups in total. The number of ether oxygens (including phenoxy) is 2. The number of rotatable bonds is 4. The highest BCUT2D eigenvalue weighted by Gasteiger charge is 2.29. The number of methoxy groups -OCH3 is 1. The highest BCUT2D eigenvalue weighted by molar-refractivity contribution is 7.08. The second kappa shape index (κ2) is 13.8. The normalized spacial score (nSPS) is 24.6. The lowest BCUT2D eigenvalue weighted by molar-refractivity contribution is -0.136. The van der Waals surface area contributed by atoms with Crippen molar-refractivity contribution in [1.29, 1.82) is 0 Å². The van der Waals surface area contributed by atoms with Crippen LogP contribution in [0.5, 0.6) is 0 Å². The summed E-state index contributed by atoms with van der Waals surface area (Å²) in [7, 11) is 1.44. The molecule has 1 fully saturated rings. The van der Waals surface area contributed by atoms with E-state index >= 15 is 0 Å². The zero-order valence-electron chi connectivity index (χ0n) is 19.2. The maximum atomic E-state index is 13.2. The number of aliphatic hydroxyl groups excluding tert-OH is 2. The Morgan fingerprint density at radius 2 is 1.91 bits per heavy atom. The first-order valence-electron chi connectivity index (χ1n) is 11.2. The van der Waals surface area contributed by atoms with Crippen molar-refractivity contribution in [3.63, 3.8) is 0 Å². The van der Waals surface area contributed by atoms with E-state index < -0.39 is 18.3 Å². The summed E-state index contributed by atoms with van der Waals surface area (Å²) in [5.41, 5.74) is 0.734. The Morgan fingerprint density at radius 1 is 1.19 bits per heavy atom. The van der Waals surface area contributed by atoms with E-state index in [1.54, 1.807) is 9.80 Å². The largest absolute Gasteiger partial charge is 0.388 e. The van der Waals surface area contributed by atoms with Crippen LogP contribution in [0.25, 0.3) is 0 Å². The van der Waals surface area contributed by atoms with Gasteiger partial charge in [0.05, 0.1) is 12.3 Å². The number of hydrogen-bond acceptors (Lipinski definition) is 9. The lowest BCUT2D eigenvalue weighted by Crippen LogP contribution is -2.48. The minimum atomic E-state index is -1.18. The number of nitrogens with zero attached hydrogens (tertiary/aromatic N) is 4. The van der Waals surface area contributed by atoms with Crippen LogP contribution in [0.2, 0.25) is 0 Å². The van der Waals surface area contributed by atoms with Crippen molar-refractivity contribution >= 4 is 23.3 Å². The molecule has 1 aliphatic rings. The van der Waals surface area contributed by atoms with Crippen LogP contribution in [0, 0.1) is 0 Å². The Labute approximate surface area is 193 Å². The molecular formula is C21H36N4O6S. The molecule has 2 heterocycles. The van der Waals surface area contributed by atoms with Crippen LogP contribution < -0.4 is 0 Å². The Morgan fingerprint density at radius 3 is 2.59 bits per heavy atom. The monoisotopic (exact) mass is 472 g/mol. The molecule has 1 aliphatic heterocycles. The van der Waals surface area contributed by atoms with E-state index in [0.29, 0.717) is 50.4 Å². The summed E-state index contributed by atoms with van der Waals surface area (Å²) in [4.78, 5) is 29.3. The molecule has 1 saturated heterocycles. The van der Waals surface area contributed by atoms with Crippen molar-refractivity contribution in [1.82, 2.24) is 19.4 Å². The third-order valence-electron chi connectivity index (χ3n) is 5.56. The average molecular weight is 473 g/mol. The van der Waals surface area contributed by atoms with Crippen molar-refractivity contribution < 1.29 is 29.3 Å². The number of aliphatic hydroxyl groups is 2. The molecule has 0 unspecified atom stereocenters. The van der Waals surface area contributed by atoms with Gasteiger partial charge in [0.15, 0.2) is 0 Å². The molecule has 0 aliphatic carbocycles. The zero-order valence-corrected chi connectivity index (χ0v) is 20.1. The summed E-state index contributed by atoms with van der Waals surface area (Å²) >= 11 is 1.12. The lowest BCUT2D eigenvalue weighted by atomic mass is 10.1. The first-order chi connectivity index (χ1) is 15.4. The summed E-state index contributed by atoms with van der Waals surface area (Å²) in [5, 5.41) is 24.8. The lowest BCUT2D eigenvalue weighted by Gasteiger charge is -2.31. The molecule has 3 atom stereocenters. The van der Waals surface area contributed by atoms with E-state index in [1.807, 2.05) is 6.92 Å². The van der Waals surface area contributed by atoms with E-state index in [2.05, 4.69) is 9.59 Å². The van der Waals surface area contributed by atoms with Gasteiger partial charge in [0.25, 0.3) is 5.91 Å². The van der Waals surface area contributed by atoms with Gasteiger partial charge in [0.1, 0.15) is 23.2 Å². The highest BCUT2D eigenvalue weighted by atomic mass is 32.1. The summed E-state index contributed by atoms with van der Waals surface area (Å²) in [6.45, 7) is 5.44.